The molecule has 0 saturated heterocycles. The summed E-state index contributed by atoms with van der Waals surface area (Å²) in [6.07, 6.45) is 0. The fourth-order valence-corrected chi connectivity index (χ4v) is 18.4. The Morgan fingerprint density at radius 3 is 1.10 bits per heavy atom. The van der Waals surface area contributed by atoms with E-state index >= 15 is 0 Å². The first-order valence-corrected chi connectivity index (χ1v) is 36.3. The van der Waals surface area contributed by atoms with Crippen molar-refractivity contribution in [1.82, 2.24) is 0 Å². The van der Waals surface area contributed by atoms with E-state index in [0.29, 0.717) is 0 Å². The van der Waals surface area contributed by atoms with E-state index < -0.39 is 21.6 Å². The van der Waals surface area contributed by atoms with Crippen molar-refractivity contribution < 1.29 is 0 Å². The number of nitrogens with zero attached hydrogens (tertiary/aromatic N) is 2. The molecule has 12 aromatic rings. The van der Waals surface area contributed by atoms with E-state index in [0.717, 1.165) is 11.4 Å². The molecular formula is C72H64N2S2Si2. The van der Waals surface area contributed by atoms with Gasteiger partial charge in [0, 0.05) is 59.1 Å². The van der Waals surface area contributed by atoms with Gasteiger partial charge in [0.2, 0.25) is 0 Å². The normalized spacial score (nSPS) is 14.2. The van der Waals surface area contributed by atoms with Gasteiger partial charge in [0.1, 0.15) is 0 Å². The number of anilines is 6. The van der Waals surface area contributed by atoms with Crippen LogP contribution in [0.5, 0.6) is 0 Å². The molecule has 2 aliphatic rings. The Kier molecular flexibility index (Phi) is 11.1. The van der Waals surface area contributed by atoms with Gasteiger partial charge < -0.3 is 9.80 Å². The molecule has 0 radical (unpaired) electrons. The van der Waals surface area contributed by atoms with Crippen LogP contribution in [-0.4, -0.2) is 16.1 Å². The predicted molar refractivity (Wildman–Crippen MR) is 346 cm³/mol. The molecule has 10 aromatic carbocycles. The van der Waals surface area contributed by atoms with Crippen molar-refractivity contribution in [2.75, 3.05) is 9.80 Å². The van der Waals surface area contributed by atoms with Gasteiger partial charge in [-0.05, 0) is 130 Å². The molecule has 1 spiro atoms. The molecule has 2 aromatic heterocycles. The minimum Gasteiger partial charge on any atom is -0.309 e. The molecule has 14 rings (SSSR count). The van der Waals surface area contributed by atoms with Crippen LogP contribution >= 0.6 is 22.7 Å². The Labute approximate surface area is 469 Å². The molecule has 2 heterocycles. The molecule has 6 heteroatoms. The van der Waals surface area contributed by atoms with Gasteiger partial charge >= 0.3 is 0 Å². The maximum absolute atomic E-state index is 2.58. The summed E-state index contributed by atoms with van der Waals surface area (Å²) in [4.78, 5) is 5.16. The van der Waals surface area contributed by atoms with Crippen LogP contribution in [0.2, 0.25) is 39.3 Å². The summed E-state index contributed by atoms with van der Waals surface area (Å²) < 4.78 is 5.32. The third-order valence-electron chi connectivity index (χ3n) is 17.5. The Morgan fingerprint density at radius 2 is 0.692 bits per heavy atom. The number of benzene rings is 10. The van der Waals surface area contributed by atoms with Gasteiger partial charge in [-0.15, -0.1) is 22.7 Å². The number of hydrogen-bond donors (Lipinski definition) is 0. The summed E-state index contributed by atoms with van der Waals surface area (Å²) in [6, 6.07) is 80.1. The van der Waals surface area contributed by atoms with Crippen molar-refractivity contribution in [2.24, 2.45) is 0 Å². The summed E-state index contributed by atoms with van der Waals surface area (Å²) >= 11 is 3.86. The molecule has 0 aliphatic heterocycles. The van der Waals surface area contributed by atoms with Crippen molar-refractivity contribution in [1.29, 1.82) is 0 Å². The van der Waals surface area contributed by atoms with Gasteiger partial charge in [0.05, 0.1) is 42.3 Å². The lowest BCUT2D eigenvalue weighted by atomic mass is 9.55. The van der Waals surface area contributed by atoms with Crippen LogP contribution in [0.15, 0.2) is 206 Å². The molecule has 2 nitrogen and oxygen atoms in total. The number of hydrogen-bond acceptors (Lipinski definition) is 4. The van der Waals surface area contributed by atoms with Crippen molar-refractivity contribution in [3.05, 3.63) is 251 Å². The number of thiophene rings is 2. The molecular weight excluding hydrogens is 1010 g/mol. The molecule has 0 fully saturated rings. The SMILES string of the molecule is Cc1cccc2c1sc1c(N(c3cccc([Si](C)(C)C)c3)c3ccc4c(c3)-c3cc(N(c5cccc([Si](C)(C)C)c5)c5cccc6c5sc5c(C)cccc56)ccc3C43c4ccccc4C(C)(C)c4ccccc43)cccc12. The minimum absolute atomic E-state index is 0.208. The second-order valence-electron chi connectivity index (χ2n) is 24.6. The van der Waals surface area contributed by atoms with Crippen molar-refractivity contribution >= 4 is 124 Å². The van der Waals surface area contributed by atoms with Gasteiger partial charge in [-0.1, -0.05) is 209 Å². The molecule has 2 aliphatic carbocycles. The first-order valence-electron chi connectivity index (χ1n) is 27.7. The van der Waals surface area contributed by atoms with Gasteiger partial charge in [-0.2, -0.15) is 0 Å². The monoisotopic (exact) mass is 1080 g/mol. The van der Waals surface area contributed by atoms with E-state index in [-0.39, 0.29) is 5.41 Å². The van der Waals surface area contributed by atoms with Gasteiger partial charge in [0.25, 0.3) is 0 Å². The topological polar surface area (TPSA) is 6.48 Å². The lowest BCUT2D eigenvalue weighted by Crippen LogP contribution is -2.40. The highest BCUT2D eigenvalue weighted by molar-refractivity contribution is 7.27. The van der Waals surface area contributed by atoms with Crippen LogP contribution in [0.1, 0.15) is 58.4 Å². The highest BCUT2D eigenvalue weighted by atomic mass is 32.1. The van der Waals surface area contributed by atoms with E-state index in [1.807, 2.05) is 22.7 Å². The molecule has 0 atom stereocenters. The van der Waals surface area contributed by atoms with E-state index in [2.05, 4.69) is 283 Å². The van der Waals surface area contributed by atoms with Crippen molar-refractivity contribution in [3.8, 4) is 11.1 Å². The largest absolute Gasteiger partial charge is 0.309 e. The Morgan fingerprint density at radius 1 is 0.333 bits per heavy atom. The molecule has 0 unspecified atom stereocenters. The third-order valence-corrected chi connectivity index (χ3v) is 24.3. The zero-order valence-corrected chi connectivity index (χ0v) is 50.0. The maximum Gasteiger partial charge on any atom is 0.0776 e. The van der Waals surface area contributed by atoms with Gasteiger partial charge in [-0.25, -0.2) is 0 Å². The lowest BCUT2D eigenvalue weighted by molar-refractivity contribution is 0.563. The second kappa shape index (κ2) is 17.6. The highest BCUT2D eigenvalue weighted by Crippen LogP contribution is 2.64. The van der Waals surface area contributed by atoms with Crippen molar-refractivity contribution in [2.45, 2.75) is 77.8 Å². The van der Waals surface area contributed by atoms with E-state index in [4.69, 9.17) is 0 Å². The van der Waals surface area contributed by atoms with Crippen LogP contribution in [0.25, 0.3) is 51.5 Å². The average molecular weight is 1080 g/mol. The quantitative estimate of drug-likeness (QED) is 0.140. The van der Waals surface area contributed by atoms with E-state index in [9.17, 15) is 0 Å². The van der Waals surface area contributed by atoms with Crippen LogP contribution in [0, 0.1) is 13.8 Å². The van der Waals surface area contributed by atoms with Crippen LogP contribution in [0.4, 0.5) is 34.1 Å². The standard InChI is InChI=1S/C72H64N2S2Si2/c1-45-21-15-27-53-55-29-19-35-65(69(55)75-67(45)53)73(47-23-17-25-51(41-47)77(5,6)7)49-37-39-59-57(43-49)58-44-50(38-40-60(58)72(59)63-33-13-11-31-61(63)71(3,4)62-32-12-14-34-64(62)72)74(48-24-18-26-52(42-48)78(8,9)10)66-36-20-30-56-54-28-16-22-46(2)68(54)76-70(56)66/h11-44H,1-10H3. The third kappa shape index (κ3) is 7.22. The molecule has 0 N–H and O–H groups in total. The van der Waals surface area contributed by atoms with Crippen molar-refractivity contribution in [3.63, 3.8) is 0 Å². The fraction of sp³-hybridized carbons (Fsp3) is 0.167. The van der Waals surface area contributed by atoms with Crippen LogP contribution in [-0.2, 0) is 10.8 Å². The Bertz CT molecular complexity index is 4160. The Hall–Kier alpha value is -7.33. The minimum atomic E-state index is -1.71. The number of aryl methyl sites for hydroxylation is 2. The maximum atomic E-state index is 2.58. The molecule has 78 heavy (non-hydrogen) atoms. The summed E-state index contributed by atoms with van der Waals surface area (Å²) in [5.74, 6) is 0. The second-order valence-corrected chi connectivity index (χ2v) is 36.8. The van der Waals surface area contributed by atoms with E-state index in [1.165, 1.54) is 129 Å². The number of fused-ring (bicyclic) bond motifs is 15. The first kappa shape index (κ1) is 49.0. The smallest absolute Gasteiger partial charge is 0.0776 e. The van der Waals surface area contributed by atoms with Gasteiger partial charge in [0.15, 0.2) is 0 Å². The van der Waals surface area contributed by atoms with E-state index in [1.54, 1.807) is 0 Å². The zero-order chi connectivity index (χ0) is 53.6. The zero-order valence-electron chi connectivity index (χ0n) is 46.3. The summed E-state index contributed by atoms with van der Waals surface area (Å²) in [5, 5.41) is 8.14. The fourth-order valence-electron chi connectivity index (χ4n) is 13.5. The summed E-state index contributed by atoms with van der Waals surface area (Å²) in [5.41, 5.74) is 19.6. The molecule has 0 amide bonds. The van der Waals surface area contributed by atoms with Crippen LogP contribution in [0.3, 0.4) is 0 Å². The average Bonchev–Trinajstić information content (AvgIpc) is 4.28. The molecule has 382 valence electrons. The predicted octanol–water partition coefficient (Wildman–Crippen LogP) is 20.1. The Balaban J connectivity index is 1.08. The molecule has 0 saturated carbocycles. The lowest BCUT2D eigenvalue weighted by Gasteiger charge is -2.46. The number of rotatable bonds is 8. The first-order chi connectivity index (χ1) is 37.5. The van der Waals surface area contributed by atoms with Crippen LogP contribution < -0.4 is 20.2 Å². The molecule has 0 bridgehead atoms. The summed E-state index contributed by atoms with van der Waals surface area (Å²) in [6.45, 7) is 24.1. The highest BCUT2D eigenvalue weighted by Gasteiger charge is 2.53. The summed E-state index contributed by atoms with van der Waals surface area (Å²) in [7, 11) is -3.43. The van der Waals surface area contributed by atoms with Gasteiger partial charge in [-0.3, -0.25) is 0 Å².